The summed E-state index contributed by atoms with van der Waals surface area (Å²) in [5.74, 6) is -4.83. The lowest BCUT2D eigenvalue weighted by Crippen LogP contribution is -2.58. The van der Waals surface area contributed by atoms with Gasteiger partial charge >= 0.3 is 5.97 Å². The molecule has 4 N–H and O–H groups in total. The number of carbonyl (C=O) groups is 1. The summed E-state index contributed by atoms with van der Waals surface area (Å²) in [5, 5.41) is 47.7. The molecular formula is C9H14NO7-. The van der Waals surface area contributed by atoms with Crippen LogP contribution in [0.5, 0.6) is 0 Å². The van der Waals surface area contributed by atoms with Crippen molar-refractivity contribution in [2.75, 3.05) is 6.61 Å². The van der Waals surface area contributed by atoms with Gasteiger partial charge in [-0.15, -0.1) is 0 Å². The zero-order valence-corrected chi connectivity index (χ0v) is 9.11. The zero-order valence-electron chi connectivity index (χ0n) is 9.11. The molecule has 8 heteroatoms. The number of hydrogen-bond donors (Lipinski definition) is 4. The number of aliphatic imine (C=N–C) groups is 1. The Balaban J connectivity index is 2.94. The molecule has 1 heterocycles. The highest BCUT2D eigenvalue weighted by atomic mass is 16.7. The van der Waals surface area contributed by atoms with Gasteiger partial charge in [-0.2, -0.15) is 0 Å². The first kappa shape index (κ1) is 13.8. The number of aliphatic carboxylic acids is 1. The van der Waals surface area contributed by atoms with Crippen molar-refractivity contribution in [3.05, 3.63) is 0 Å². The van der Waals surface area contributed by atoms with Gasteiger partial charge in [-0.1, -0.05) is 0 Å². The summed E-state index contributed by atoms with van der Waals surface area (Å²) in [4.78, 5) is 14.3. The van der Waals surface area contributed by atoms with Gasteiger partial charge in [0.1, 0.15) is 12.1 Å². The second-order valence-electron chi connectivity index (χ2n) is 3.84. The van der Waals surface area contributed by atoms with Gasteiger partial charge in [-0.25, -0.2) is 4.79 Å². The maximum atomic E-state index is 10.8. The lowest BCUT2D eigenvalue weighted by molar-refractivity contribution is -0.279. The highest BCUT2D eigenvalue weighted by Crippen LogP contribution is 2.29. The van der Waals surface area contributed by atoms with E-state index in [-0.39, 0.29) is 0 Å². The van der Waals surface area contributed by atoms with Crippen LogP contribution in [-0.4, -0.2) is 62.9 Å². The quantitative estimate of drug-likeness (QED) is 0.309. The smallest absolute Gasteiger partial charge is 0.364 e. The third kappa shape index (κ3) is 2.91. The molecule has 0 radical (unpaired) electrons. The lowest BCUT2D eigenvalue weighted by Gasteiger charge is -2.40. The second-order valence-corrected chi connectivity index (χ2v) is 3.84. The fraction of sp³-hybridized carbons (Fsp3) is 0.778. The van der Waals surface area contributed by atoms with Crippen LogP contribution >= 0.6 is 0 Å². The molecule has 0 aliphatic carbocycles. The molecular weight excluding hydrogens is 234 g/mol. The largest absolute Gasteiger partial charge is 0.862 e. The fourth-order valence-electron chi connectivity index (χ4n) is 1.68. The third-order valence-electron chi connectivity index (χ3n) is 2.45. The molecule has 1 fully saturated rings. The van der Waals surface area contributed by atoms with Crippen molar-refractivity contribution in [1.29, 1.82) is 0 Å². The Hall–Kier alpha value is -1.22. The van der Waals surface area contributed by atoms with E-state index in [1.807, 2.05) is 0 Å². The number of aliphatic hydroxyl groups excluding tert-OH is 2. The van der Waals surface area contributed by atoms with Crippen LogP contribution in [0.1, 0.15) is 13.3 Å². The van der Waals surface area contributed by atoms with Crippen molar-refractivity contribution in [2.45, 2.75) is 37.4 Å². The van der Waals surface area contributed by atoms with Gasteiger partial charge in [0.25, 0.3) is 5.79 Å². The molecule has 0 amide bonds. The van der Waals surface area contributed by atoms with Gasteiger partial charge in [-0.3, -0.25) is 4.99 Å². The topological polar surface area (TPSA) is 143 Å². The lowest BCUT2D eigenvalue weighted by atomic mass is 9.94. The molecule has 1 aliphatic heterocycles. The standard InChI is InChI=1S/C9H15NO7/c1-4(12)10-7-5(13)2-9(16,8(14)15)17-6(7)3-11/h5-7,11,13,16H,2-3H2,1H3,(H,10,12)(H,14,15)/p-1/t5-,6-,7+,9-/m0/s1. The average molecular weight is 248 g/mol. The number of rotatable bonds is 3. The Kier molecular flexibility index (Phi) is 4.04. The summed E-state index contributed by atoms with van der Waals surface area (Å²) in [7, 11) is 0. The summed E-state index contributed by atoms with van der Waals surface area (Å²) < 4.78 is 4.77. The van der Waals surface area contributed by atoms with E-state index in [2.05, 4.69) is 4.99 Å². The van der Waals surface area contributed by atoms with E-state index in [0.29, 0.717) is 0 Å². The van der Waals surface area contributed by atoms with Crippen molar-refractivity contribution in [3.63, 3.8) is 0 Å². The Morgan fingerprint density at radius 2 is 2.24 bits per heavy atom. The van der Waals surface area contributed by atoms with Gasteiger partial charge in [0.05, 0.1) is 12.7 Å². The first-order valence-electron chi connectivity index (χ1n) is 4.94. The predicted octanol–water partition coefficient (Wildman–Crippen LogP) is -2.95. The van der Waals surface area contributed by atoms with Crippen LogP contribution in [0.15, 0.2) is 4.99 Å². The van der Waals surface area contributed by atoms with Crippen LogP contribution in [0.4, 0.5) is 0 Å². The van der Waals surface area contributed by atoms with Crippen LogP contribution in [0, 0.1) is 0 Å². The Bertz CT molecular complexity index is 327. The molecule has 1 saturated heterocycles. The van der Waals surface area contributed by atoms with Crippen LogP contribution in [-0.2, 0) is 9.53 Å². The molecule has 0 bridgehead atoms. The minimum absolute atomic E-state index is 0.586. The van der Waals surface area contributed by atoms with Crippen molar-refractivity contribution in [2.24, 2.45) is 4.99 Å². The Morgan fingerprint density at radius 3 is 2.65 bits per heavy atom. The van der Waals surface area contributed by atoms with Gasteiger partial charge in [0.15, 0.2) is 0 Å². The molecule has 17 heavy (non-hydrogen) atoms. The molecule has 0 aromatic heterocycles. The number of carboxylic acid groups (broad SMARTS) is 1. The molecule has 1 rings (SSSR count). The average Bonchev–Trinajstić information content (AvgIpc) is 2.21. The van der Waals surface area contributed by atoms with E-state index in [0.717, 1.165) is 6.92 Å². The van der Waals surface area contributed by atoms with Crippen LogP contribution in [0.2, 0.25) is 0 Å². The Morgan fingerprint density at radius 1 is 1.65 bits per heavy atom. The second kappa shape index (κ2) is 4.96. The van der Waals surface area contributed by atoms with Crippen molar-refractivity contribution in [1.82, 2.24) is 0 Å². The van der Waals surface area contributed by atoms with Crippen LogP contribution < -0.4 is 5.11 Å². The molecule has 0 saturated carbocycles. The summed E-state index contributed by atoms with van der Waals surface area (Å²) in [6.45, 7) is 0.479. The Labute approximate surface area is 96.8 Å². The monoisotopic (exact) mass is 248 g/mol. The molecule has 0 unspecified atom stereocenters. The normalized spacial score (nSPS) is 39.1. The SMILES string of the molecule is CC([O-])=N[C@H]1[C@H](CO)O[C@](O)(C(=O)O)C[C@@H]1O. The van der Waals surface area contributed by atoms with E-state index < -0.39 is 48.9 Å². The fourth-order valence-corrected chi connectivity index (χ4v) is 1.68. The summed E-state index contributed by atoms with van der Waals surface area (Å²) >= 11 is 0. The molecule has 4 atom stereocenters. The van der Waals surface area contributed by atoms with E-state index in [1.165, 1.54) is 0 Å². The molecule has 0 aromatic rings. The molecule has 0 spiro atoms. The maximum Gasteiger partial charge on any atom is 0.364 e. The summed E-state index contributed by atoms with van der Waals surface area (Å²) in [6, 6.07) is -1.09. The van der Waals surface area contributed by atoms with Gasteiger partial charge < -0.3 is 30.3 Å². The van der Waals surface area contributed by atoms with Crippen LogP contribution in [0.3, 0.4) is 0 Å². The van der Waals surface area contributed by atoms with E-state index in [9.17, 15) is 20.1 Å². The first-order valence-corrected chi connectivity index (χ1v) is 4.94. The first-order chi connectivity index (χ1) is 7.80. The maximum absolute atomic E-state index is 10.8. The van der Waals surface area contributed by atoms with E-state index >= 15 is 0 Å². The number of carboxylic acids is 1. The van der Waals surface area contributed by atoms with Crippen molar-refractivity contribution < 1.29 is 35.1 Å². The molecule has 8 nitrogen and oxygen atoms in total. The van der Waals surface area contributed by atoms with Crippen LogP contribution in [0.25, 0.3) is 0 Å². The minimum Gasteiger partial charge on any atom is -0.862 e. The van der Waals surface area contributed by atoms with Gasteiger partial charge in [0, 0.05) is 6.42 Å². The van der Waals surface area contributed by atoms with E-state index in [4.69, 9.17) is 14.9 Å². The zero-order chi connectivity index (χ0) is 13.2. The molecule has 98 valence electrons. The van der Waals surface area contributed by atoms with Gasteiger partial charge in [-0.05, 0) is 12.8 Å². The number of aliphatic hydroxyl groups is 3. The van der Waals surface area contributed by atoms with Crippen molar-refractivity contribution in [3.8, 4) is 0 Å². The summed E-state index contributed by atoms with van der Waals surface area (Å²) in [5.41, 5.74) is 0. The van der Waals surface area contributed by atoms with Crippen molar-refractivity contribution >= 4 is 11.9 Å². The molecule has 1 aliphatic rings. The number of nitrogens with zero attached hydrogens (tertiary/aromatic N) is 1. The summed E-state index contributed by atoms with van der Waals surface area (Å²) in [6.07, 6.45) is -3.25. The highest BCUT2D eigenvalue weighted by Gasteiger charge is 2.50. The number of hydrogen-bond acceptors (Lipinski definition) is 7. The predicted molar refractivity (Wildman–Crippen MR) is 52.1 cm³/mol. The molecule has 0 aromatic carbocycles. The van der Waals surface area contributed by atoms with Gasteiger partial charge in [0.2, 0.25) is 0 Å². The third-order valence-corrected chi connectivity index (χ3v) is 2.45. The number of ether oxygens (including phenoxy) is 1. The van der Waals surface area contributed by atoms with E-state index in [1.54, 1.807) is 0 Å². The minimum atomic E-state index is -2.57. The highest BCUT2D eigenvalue weighted by molar-refractivity contribution is 5.75.